The van der Waals surface area contributed by atoms with Crippen LogP contribution in [0.2, 0.25) is 0 Å². The number of hydrogen-bond donors (Lipinski definition) is 1. The topological polar surface area (TPSA) is 60.2 Å². The summed E-state index contributed by atoms with van der Waals surface area (Å²) in [5.74, 6) is -0.00264. The summed E-state index contributed by atoms with van der Waals surface area (Å²) in [6, 6.07) is 0. The molecule has 4 heteroatoms. The number of allylic oxidation sites excluding steroid dienone is 3. The van der Waals surface area contributed by atoms with Gasteiger partial charge in [-0.25, -0.2) is 13.6 Å². The lowest BCUT2D eigenvalue weighted by Crippen LogP contribution is -2.15. The fraction of sp³-hybridized carbons (Fsp3) is 0.333. The van der Waals surface area contributed by atoms with E-state index in [0.717, 1.165) is 0 Å². The Morgan fingerprint density at radius 2 is 2.10 bits per heavy atom. The van der Waals surface area contributed by atoms with Gasteiger partial charge in [-0.05, 0) is 6.42 Å². The van der Waals surface area contributed by atoms with Crippen molar-refractivity contribution in [2.24, 2.45) is 5.14 Å². The fourth-order valence-electron chi connectivity index (χ4n) is 0.425. The van der Waals surface area contributed by atoms with E-state index < -0.39 is 10.0 Å². The van der Waals surface area contributed by atoms with Crippen molar-refractivity contribution >= 4 is 10.0 Å². The molecule has 0 aromatic carbocycles. The molecule has 0 saturated carbocycles. The lowest BCUT2D eigenvalue weighted by molar-refractivity contribution is 0.597. The van der Waals surface area contributed by atoms with Gasteiger partial charge in [0.05, 0.1) is 5.75 Å². The second-order valence-corrected chi connectivity index (χ2v) is 3.55. The Morgan fingerprint density at radius 1 is 1.50 bits per heavy atom. The maximum atomic E-state index is 10.3. The van der Waals surface area contributed by atoms with Gasteiger partial charge in [-0.2, -0.15) is 0 Å². The van der Waals surface area contributed by atoms with Gasteiger partial charge in [-0.15, -0.1) is 0 Å². The fourth-order valence-corrected chi connectivity index (χ4v) is 0.889. The molecule has 0 saturated heterocycles. The van der Waals surface area contributed by atoms with Crippen LogP contribution in [0.1, 0.15) is 6.42 Å². The van der Waals surface area contributed by atoms with Crippen LogP contribution < -0.4 is 5.14 Å². The Morgan fingerprint density at radius 3 is 2.50 bits per heavy atom. The van der Waals surface area contributed by atoms with E-state index in [2.05, 4.69) is 6.58 Å². The van der Waals surface area contributed by atoms with Crippen LogP contribution in [-0.2, 0) is 10.0 Å². The largest absolute Gasteiger partial charge is 0.229 e. The van der Waals surface area contributed by atoms with Gasteiger partial charge in [0.2, 0.25) is 10.0 Å². The van der Waals surface area contributed by atoms with Crippen LogP contribution in [0, 0.1) is 0 Å². The predicted octanol–water partition coefficient (Wildman–Crippen LogP) is 0.407. The van der Waals surface area contributed by atoms with Crippen LogP contribution in [0.4, 0.5) is 0 Å². The maximum absolute atomic E-state index is 10.3. The molecule has 0 aliphatic rings. The summed E-state index contributed by atoms with van der Waals surface area (Å²) < 4.78 is 20.6. The van der Waals surface area contributed by atoms with Crippen LogP contribution in [0.15, 0.2) is 24.8 Å². The molecule has 0 aromatic rings. The van der Waals surface area contributed by atoms with Crippen LogP contribution in [-0.4, -0.2) is 14.2 Å². The van der Waals surface area contributed by atoms with Crippen LogP contribution in [0.25, 0.3) is 0 Å². The Hall–Kier alpha value is -0.610. The molecule has 0 atom stereocenters. The highest BCUT2D eigenvalue weighted by molar-refractivity contribution is 7.89. The zero-order valence-corrected chi connectivity index (χ0v) is 6.47. The average molecular weight is 161 g/mol. The molecule has 0 aromatic heterocycles. The van der Waals surface area contributed by atoms with Crippen molar-refractivity contribution < 1.29 is 8.42 Å². The van der Waals surface area contributed by atoms with Crippen LogP contribution in [0.5, 0.6) is 0 Å². The van der Waals surface area contributed by atoms with E-state index in [9.17, 15) is 8.42 Å². The molecule has 0 rings (SSSR count). The van der Waals surface area contributed by atoms with Gasteiger partial charge in [-0.1, -0.05) is 24.8 Å². The number of sulfonamides is 1. The normalized spacial score (nSPS) is 12.1. The monoisotopic (exact) mass is 161 g/mol. The molecule has 0 aliphatic heterocycles. The van der Waals surface area contributed by atoms with Gasteiger partial charge >= 0.3 is 0 Å². The van der Waals surface area contributed by atoms with E-state index in [1.807, 2.05) is 0 Å². The van der Waals surface area contributed by atoms with Gasteiger partial charge in [0.25, 0.3) is 0 Å². The minimum Gasteiger partial charge on any atom is -0.229 e. The van der Waals surface area contributed by atoms with Crippen molar-refractivity contribution in [3.63, 3.8) is 0 Å². The second-order valence-electron chi connectivity index (χ2n) is 1.82. The van der Waals surface area contributed by atoms with Crippen molar-refractivity contribution in [2.45, 2.75) is 6.42 Å². The van der Waals surface area contributed by atoms with E-state index in [1.54, 1.807) is 18.2 Å². The molecule has 0 radical (unpaired) electrons. The van der Waals surface area contributed by atoms with Gasteiger partial charge < -0.3 is 0 Å². The van der Waals surface area contributed by atoms with Gasteiger partial charge in [-0.3, -0.25) is 0 Å². The number of hydrogen-bond acceptors (Lipinski definition) is 2. The first-order valence-corrected chi connectivity index (χ1v) is 4.56. The van der Waals surface area contributed by atoms with Crippen molar-refractivity contribution in [2.75, 3.05) is 5.75 Å². The molecule has 58 valence electrons. The van der Waals surface area contributed by atoms with Crippen molar-refractivity contribution in [3.8, 4) is 0 Å². The first kappa shape index (κ1) is 9.39. The first-order chi connectivity index (χ1) is 4.56. The molecule has 0 aliphatic carbocycles. The summed E-state index contributed by atoms with van der Waals surface area (Å²) in [5.41, 5.74) is 0. The molecule has 0 spiro atoms. The third-order valence-electron chi connectivity index (χ3n) is 0.841. The smallest absolute Gasteiger partial charge is 0.209 e. The van der Waals surface area contributed by atoms with E-state index in [0.29, 0.717) is 6.42 Å². The minimum absolute atomic E-state index is 0.00264. The van der Waals surface area contributed by atoms with Gasteiger partial charge in [0.1, 0.15) is 0 Å². The highest BCUT2D eigenvalue weighted by Gasteiger charge is 1.97. The highest BCUT2D eigenvalue weighted by Crippen LogP contribution is 1.87. The summed E-state index contributed by atoms with van der Waals surface area (Å²) in [6.45, 7) is 3.43. The maximum Gasteiger partial charge on any atom is 0.209 e. The molecular weight excluding hydrogens is 150 g/mol. The SMILES string of the molecule is C=C/C=C/CCS(N)(=O)=O. The zero-order valence-electron chi connectivity index (χ0n) is 5.66. The molecule has 0 fully saturated rings. The molecule has 0 heterocycles. The number of nitrogens with two attached hydrogens (primary N) is 1. The Bertz CT molecular complexity index is 216. The zero-order chi connectivity index (χ0) is 8.04. The lowest BCUT2D eigenvalue weighted by Gasteiger charge is -1.89. The third-order valence-corrected chi connectivity index (χ3v) is 1.65. The Labute approximate surface area is 61.3 Å². The van der Waals surface area contributed by atoms with Crippen LogP contribution in [0.3, 0.4) is 0 Å². The second kappa shape index (κ2) is 4.24. The molecule has 0 unspecified atom stereocenters. The summed E-state index contributed by atoms with van der Waals surface area (Å²) in [4.78, 5) is 0. The van der Waals surface area contributed by atoms with E-state index in [-0.39, 0.29) is 5.75 Å². The summed E-state index contributed by atoms with van der Waals surface area (Å²) in [7, 11) is -3.29. The Balaban J connectivity index is 3.57. The van der Waals surface area contributed by atoms with Crippen molar-refractivity contribution in [1.29, 1.82) is 0 Å². The molecule has 2 N–H and O–H groups in total. The predicted molar refractivity (Wildman–Crippen MR) is 41.9 cm³/mol. The molecule has 10 heavy (non-hydrogen) atoms. The summed E-state index contributed by atoms with van der Waals surface area (Å²) >= 11 is 0. The first-order valence-electron chi connectivity index (χ1n) is 2.84. The highest BCUT2D eigenvalue weighted by atomic mass is 32.2. The molecule has 3 nitrogen and oxygen atoms in total. The van der Waals surface area contributed by atoms with Crippen molar-refractivity contribution in [1.82, 2.24) is 0 Å². The van der Waals surface area contributed by atoms with E-state index in [1.165, 1.54) is 0 Å². The number of rotatable bonds is 4. The summed E-state index contributed by atoms with van der Waals surface area (Å²) in [5, 5.41) is 4.73. The van der Waals surface area contributed by atoms with E-state index in [4.69, 9.17) is 5.14 Å². The van der Waals surface area contributed by atoms with Crippen molar-refractivity contribution in [3.05, 3.63) is 24.8 Å². The molecular formula is C6H11NO2S. The van der Waals surface area contributed by atoms with Gasteiger partial charge in [0, 0.05) is 0 Å². The minimum atomic E-state index is -3.29. The standard InChI is InChI=1S/C6H11NO2S/c1-2-3-4-5-6-10(7,8)9/h2-4H,1,5-6H2,(H2,7,8,9)/b4-3+. The van der Waals surface area contributed by atoms with Gasteiger partial charge in [0.15, 0.2) is 0 Å². The third kappa shape index (κ3) is 7.39. The molecule has 0 bridgehead atoms. The van der Waals surface area contributed by atoms with E-state index >= 15 is 0 Å². The van der Waals surface area contributed by atoms with Crippen LogP contribution >= 0.6 is 0 Å². The quantitative estimate of drug-likeness (QED) is 0.607. The lowest BCUT2D eigenvalue weighted by atomic mass is 10.4. The molecule has 0 amide bonds. The summed E-state index contributed by atoms with van der Waals surface area (Å²) in [6.07, 6.45) is 5.43. The Kier molecular flexibility index (Phi) is 3.99. The number of primary sulfonamides is 1. The average Bonchev–Trinajstić information content (AvgIpc) is 1.78.